The number of nitrogens with two attached hydrogens (primary N) is 1. The summed E-state index contributed by atoms with van der Waals surface area (Å²) in [6, 6.07) is 0. The summed E-state index contributed by atoms with van der Waals surface area (Å²) >= 11 is 0. The van der Waals surface area contributed by atoms with E-state index >= 15 is 0 Å². The van der Waals surface area contributed by atoms with E-state index in [0.29, 0.717) is 17.4 Å². The first-order valence-electron chi connectivity index (χ1n) is 5.12. The molecular weight excluding hydrogens is 194 g/mol. The Morgan fingerprint density at radius 2 is 2.07 bits per heavy atom. The molecule has 2 N–H and O–H groups in total. The van der Waals surface area contributed by atoms with E-state index in [2.05, 4.69) is 9.97 Å². The first-order chi connectivity index (χ1) is 7.31. The molecule has 0 radical (unpaired) electrons. The van der Waals surface area contributed by atoms with Gasteiger partial charge in [0.2, 0.25) is 5.75 Å². The molecule has 2 rings (SSSR count). The molecule has 0 atom stereocenters. The van der Waals surface area contributed by atoms with Gasteiger partial charge in [0.05, 0.1) is 7.11 Å². The number of anilines is 1. The van der Waals surface area contributed by atoms with E-state index in [1.165, 1.54) is 26.3 Å². The summed E-state index contributed by atoms with van der Waals surface area (Å²) in [4.78, 5) is 7.88. The van der Waals surface area contributed by atoms with Crippen molar-refractivity contribution in [2.75, 3.05) is 12.8 Å². The van der Waals surface area contributed by atoms with Gasteiger partial charge in [0.1, 0.15) is 12.4 Å². The second kappa shape index (κ2) is 4.33. The van der Waals surface area contributed by atoms with E-state index in [9.17, 15) is 0 Å². The molecule has 0 amide bonds. The Labute approximate surface area is 88.6 Å². The standard InChI is InChI=1S/C10H15N3O2/c1-14-8-9(11)12-6-13-10(8)15-7-4-2-3-5-7/h6-7H,2-5H2,1H3,(H2,11,12,13). The molecule has 0 unspecified atom stereocenters. The van der Waals surface area contributed by atoms with Crippen molar-refractivity contribution in [1.29, 1.82) is 0 Å². The molecule has 5 heteroatoms. The van der Waals surface area contributed by atoms with Crippen LogP contribution in [0, 0.1) is 0 Å². The van der Waals surface area contributed by atoms with Gasteiger partial charge in [-0.25, -0.2) is 4.98 Å². The lowest BCUT2D eigenvalue weighted by Gasteiger charge is -2.14. The van der Waals surface area contributed by atoms with E-state index in [1.54, 1.807) is 0 Å². The fourth-order valence-electron chi connectivity index (χ4n) is 1.81. The molecule has 5 nitrogen and oxygen atoms in total. The summed E-state index contributed by atoms with van der Waals surface area (Å²) in [7, 11) is 1.54. The number of ether oxygens (including phenoxy) is 2. The Balaban J connectivity index is 2.15. The molecular formula is C10H15N3O2. The van der Waals surface area contributed by atoms with Crippen LogP contribution >= 0.6 is 0 Å². The molecule has 1 aliphatic carbocycles. The molecule has 1 aliphatic rings. The fraction of sp³-hybridized carbons (Fsp3) is 0.600. The van der Waals surface area contributed by atoms with Crippen molar-refractivity contribution in [2.24, 2.45) is 0 Å². The SMILES string of the molecule is COc1c(N)ncnc1OC1CCCC1. The van der Waals surface area contributed by atoms with Gasteiger partial charge in [-0.2, -0.15) is 4.98 Å². The van der Waals surface area contributed by atoms with Crippen LogP contribution in [-0.4, -0.2) is 23.2 Å². The van der Waals surface area contributed by atoms with Crippen molar-refractivity contribution < 1.29 is 9.47 Å². The molecule has 82 valence electrons. The minimum Gasteiger partial charge on any atom is -0.489 e. The number of aromatic nitrogens is 2. The summed E-state index contributed by atoms with van der Waals surface area (Å²) in [5, 5.41) is 0. The fourth-order valence-corrected chi connectivity index (χ4v) is 1.81. The average molecular weight is 209 g/mol. The number of hydrogen-bond acceptors (Lipinski definition) is 5. The number of hydrogen-bond donors (Lipinski definition) is 1. The molecule has 15 heavy (non-hydrogen) atoms. The van der Waals surface area contributed by atoms with Gasteiger partial charge < -0.3 is 15.2 Å². The van der Waals surface area contributed by atoms with Crippen LogP contribution in [-0.2, 0) is 0 Å². The molecule has 0 saturated heterocycles. The summed E-state index contributed by atoms with van der Waals surface area (Å²) < 4.78 is 10.8. The van der Waals surface area contributed by atoms with Crippen LogP contribution in [0.25, 0.3) is 0 Å². The monoisotopic (exact) mass is 209 g/mol. The van der Waals surface area contributed by atoms with E-state index in [-0.39, 0.29) is 6.10 Å². The Morgan fingerprint density at radius 1 is 1.33 bits per heavy atom. The largest absolute Gasteiger partial charge is 0.489 e. The summed E-state index contributed by atoms with van der Waals surface area (Å²) in [6.07, 6.45) is 6.22. The molecule has 0 bridgehead atoms. The maximum absolute atomic E-state index is 5.72. The lowest BCUT2D eigenvalue weighted by Crippen LogP contribution is -2.13. The number of nitrogens with zero attached hydrogens (tertiary/aromatic N) is 2. The van der Waals surface area contributed by atoms with Crippen LogP contribution in [0.5, 0.6) is 11.6 Å². The summed E-state index contributed by atoms with van der Waals surface area (Å²) in [5.74, 6) is 1.21. The number of rotatable bonds is 3. The Kier molecular flexibility index (Phi) is 2.89. The summed E-state index contributed by atoms with van der Waals surface area (Å²) in [6.45, 7) is 0. The third-order valence-electron chi connectivity index (χ3n) is 2.58. The van der Waals surface area contributed by atoms with E-state index < -0.39 is 0 Å². The minimum atomic E-state index is 0.244. The van der Waals surface area contributed by atoms with Gasteiger partial charge in [-0.15, -0.1) is 0 Å². The predicted octanol–water partition coefficient (Wildman–Crippen LogP) is 1.39. The van der Waals surface area contributed by atoms with Gasteiger partial charge in [-0.3, -0.25) is 0 Å². The zero-order valence-corrected chi connectivity index (χ0v) is 8.77. The molecule has 1 aromatic heterocycles. The molecule has 1 saturated carbocycles. The highest BCUT2D eigenvalue weighted by atomic mass is 16.5. The lowest BCUT2D eigenvalue weighted by molar-refractivity contribution is 0.191. The van der Waals surface area contributed by atoms with Crippen LogP contribution in [0.4, 0.5) is 5.82 Å². The lowest BCUT2D eigenvalue weighted by atomic mass is 10.3. The maximum atomic E-state index is 5.72. The molecule has 1 aromatic rings. The Morgan fingerprint density at radius 3 is 2.73 bits per heavy atom. The normalized spacial score (nSPS) is 16.6. The zero-order valence-electron chi connectivity index (χ0n) is 8.77. The van der Waals surface area contributed by atoms with Gasteiger partial charge in [0.15, 0.2) is 5.82 Å². The van der Waals surface area contributed by atoms with Crippen molar-refractivity contribution in [3.05, 3.63) is 6.33 Å². The minimum absolute atomic E-state index is 0.244. The number of nitrogen functional groups attached to an aromatic ring is 1. The molecule has 0 aliphatic heterocycles. The topological polar surface area (TPSA) is 70.3 Å². The Hall–Kier alpha value is -1.52. The smallest absolute Gasteiger partial charge is 0.262 e. The van der Waals surface area contributed by atoms with Crippen LogP contribution in [0.2, 0.25) is 0 Å². The average Bonchev–Trinajstić information content (AvgIpc) is 2.71. The second-order valence-electron chi connectivity index (χ2n) is 3.62. The molecule has 1 heterocycles. The van der Waals surface area contributed by atoms with Crippen molar-refractivity contribution in [3.8, 4) is 11.6 Å². The van der Waals surface area contributed by atoms with E-state index in [0.717, 1.165) is 12.8 Å². The highest BCUT2D eigenvalue weighted by molar-refractivity contribution is 5.51. The Bertz CT molecular complexity index is 337. The highest BCUT2D eigenvalue weighted by Gasteiger charge is 2.20. The molecule has 1 fully saturated rings. The van der Waals surface area contributed by atoms with Crippen molar-refractivity contribution in [2.45, 2.75) is 31.8 Å². The summed E-state index contributed by atoms with van der Waals surface area (Å²) in [5.41, 5.74) is 5.65. The van der Waals surface area contributed by atoms with E-state index in [4.69, 9.17) is 15.2 Å². The molecule has 0 spiro atoms. The van der Waals surface area contributed by atoms with E-state index in [1.807, 2.05) is 0 Å². The third-order valence-corrected chi connectivity index (χ3v) is 2.58. The first-order valence-corrected chi connectivity index (χ1v) is 5.12. The van der Waals surface area contributed by atoms with Gasteiger partial charge in [-0.1, -0.05) is 0 Å². The highest BCUT2D eigenvalue weighted by Crippen LogP contribution is 2.32. The molecule has 0 aromatic carbocycles. The second-order valence-corrected chi connectivity index (χ2v) is 3.62. The maximum Gasteiger partial charge on any atom is 0.262 e. The van der Waals surface area contributed by atoms with Gasteiger partial charge in [0, 0.05) is 0 Å². The first kappa shape index (κ1) is 10.0. The van der Waals surface area contributed by atoms with Crippen molar-refractivity contribution in [1.82, 2.24) is 9.97 Å². The third kappa shape index (κ3) is 2.11. The van der Waals surface area contributed by atoms with Gasteiger partial charge >= 0.3 is 0 Å². The predicted molar refractivity (Wildman–Crippen MR) is 55.9 cm³/mol. The zero-order chi connectivity index (χ0) is 10.7. The van der Waals surface area contributed by atoms with Crippen molar-refractivity contribution >= 4 is 5.82 Å². The van der Waals surface area contributed by atoms with Crippen LogP contribution in [0.15, 0.2) is 6.33 Å². The van der Waals surface area contributed by atoms with Crippen molar-refractivity contribution in [3.63, 3.8) is 0 Å². The van der Waals surface area contributed by atoms with Gasteiger partial charge in [0.25, 0.3) is 5.88 Å². The van der Waals surface area contributed by atoms with Crippen LogP contribution < -0.4 is 15.2 Å². The van der Waals surface area contributed by atoms with Crippen LogP contribution in [0.1, 0.15) is 25.7 Å². The quantitative estimate of drug-likeness (QED) is 0.814. The van der Waals surface area contributed by atoms with Gasteiger partial charge in [-0.05, 0) is 25.7 Å². The van der Waals surface area contributed by atoms with Crippen LogP contribution in [0.3, 0.4) is 0 Å². The number of methoxy groups -OCH3 is 1.